The van der Waals surface area contributed by atoms with Crippen molar-refractivity contribution in [2.75, 3.05) is 9.80 Å². The van der Waals surface area contributed by atoms with Crippen molar-refractivity contribution in [2.45, 2.75) is 38.5 Å². The van der Waals surface area contributed by atoms with Gasteiger partial charge in [0.1, 0.15) is 5.58 Å². The molecule has 0 amide bonds. The number of benzene rings is 20. The Kier molecular flexibility index (Phi) is 16.9. The van der Waals surface area contributed by atoms with Gasteiger partial charge >= 0.3 is 0 Å². The number of aromatic nitrogens is 2. The largest absolute Gasteiger partial charge is 0.454 e. The third kappa shape index (κ3) is 11.9. The lowest BCUT2D eigenvalue weighted by atomic mass is 9.82. The fraction of sp³-hybridized carbons (Fsp3) is 0.0500. The molecule has 0 radical (unpaired) electrons. The van der Waals surface area contributed by atoms with Crippen molar-refractivity contribution in [1.29, 1.82) is 0 Å². The van der Waals surface area contributed by atoms with Crippen molar-refractivity contribution in [3.8, 4) is 78.1 Å². The van der Waals surface area contributed by atoms with E-state index in [9.17, 15) is 0 Å². The maximum absolute atomic E-state index is 6.66. The maximum atomic E-state index is 6.66. The Balaban J connectivity index is 0.000000141. The molecule has 0 saturated carbocycles. The first-order chi connectivity index (χ1) is 61.5. The summed E-state index contributed by atoms with van der Waals surface area (Å²) in [5, 5.41) is 14.9. The topological polar surface area (TPSA) is 29.5 Å². The molecule has 2 aliphatic rings. The molecule has 5 nitrogen and oxygen atoms in total. The van der Waals surface area contributed by atoms with Crippen molar-refractivity contribution in [2.24, 2.45) is 0 Å². The summed E-state index contributed by atoms with van der Waals surface area (Å²) in [6.07, 6.45) is 0. The Hall–Kier alpha value is -15.8. The number of anilines is 6. The molecule has 3 aromatic heterocycles. The van der Waals surface area contributed by atoms with Gasteiger partial charge in [-0.05, 0) is 255 Å². The number of hydrogen-bond donors (Lipinski definition) is 0. The van der Waals surface area contributed by atoms with E-state index in [1.54, 1.807) is 0 Å². The molecule has 5 heteroatoms. The Bertz CT molecular complexity index is 8220. The molecule has 0 unspecified atom stereocenters. The Morgan fingerprint density at radius 1 is 0.200 bits per heavy atom. The SMILES string of the molecule is CC1(C)c2ccccc2-c2ccc(N(c3ccc(-c4ccc(-c5ccc6c(c5)c5ccccc5n6-c5ccccc5)cc4)cc3)c3ccc4c5ccccc5c5ccccc5c4c3)cc21.CC1(C)c2ccccc2-c2ccc(N(c3ccc(-c4ccc(-c5ccc6c(c5)c5ccccc5n6-c5ccccc5)cc4)cc3)c3cccc4c3oc3ccccc34)cc21. The van der Waals surface area contributed by atoms with Crippen LogP contribution in [0, 0.1) is 0 Å². The van der Waals surface area contributed by atoms with E-state index in [1.165, 1.54) is 176 Å². The second-order valence-electron chi connectivity index (χ2n) is 34.6. The van der Waals surface area contributed by atoms with Gasteiger partial charge in [0.05, 0.1) is 27.8 Å². The van der Waals surface area contributed by atoms with Crippen molar-refractivity contribution in [3.05, 3.63) is 459 Å². The zero-order valence-corrected chi connectivity index (χ0v) is 69.8. The molecule has 0 fully saturated rings. The minimum atomic E-state index is -0.123. The normalized spacial score (nSPS) is 12.9. The molecule has 23 aromatic rings. The number of furan rings is 1. The lowest BCUT2D eigenvalue weighted by molar-refractivity contribution is 0.660. The first kappa shape index (κ1) is 73.1. The fourth-order valence-electron chi connectivity index (χ4n) is 20.8. The van der Waals surface area contributed by atoms with Gasteiger partial charge in [-0.2, -0.15) is 0 Å². The summed E-state index contributed by atoms with van der Waals surface area (Å²) in [4.78, 5) is 4.81. The van der Waals surface area contributed by atoms with Gasteiger partial charge in [0.2, 0.25) is 0 Å². The van der Waals surface area contributed by atoms with Gasteiger partial charge in [0, 0.05) is 83.0 Å². The van der Waals surface area contributed by atoms with E-state index in [0.717, 1.165) is 56.1 Å². The Morgan fingerprint density at radius 2 is 0.528 bits per heavy atom. The average Bonchev–Trinajstić information content (AvgIpc) is 1.65. The van der Waals surface area contributed by atoms with Crippen molar-refractivity contribution in [1.82, 2.24) is 9.13 Å². The number of nitrogens with zero attached hydrogens (tertiary/aromatic N) is 4. The number of fused-ring (bicyclic) bond motifs is 21. The molecule has 0 spiro atoms. The minimum Gasteiger partial charge on any atom is -0.454 e. The van der Waals surface area contributed by atoms with Crippen LogP contribution in [0.2, 0.25) is 0 Å². The molecule has 25 rings (SSSR count). The molecule has 3 heterocycles. The summed E-state index contributed by atoms with van der Waals surface area (Å²) in [6, 6.07) is 160. The zero-order chi connectivity index (χ0) is 83.2. The summed E-state index contributed by atoms with van der Waals surface area (Å²) in [5.41, 5.74) is 35.6. The Morgan fingerprint density at radius 3 is 1.02 bits per heavy atom. The second kappa shape index (κ2) is 29.0. The predicted molar refractivity (Wildman–Crippen MR) is 528 cm³/mol. The van der Waals surface area contributed by atoms with Gasteiger partial charge in [0.25, 0.3) is 0 Å². The molecule has 0 bridgehead atoms. The van der Waals surface area contributed by atoms with Gasteiger partial charge in [-0.15, -0.1) is 0 Å². The highest BCUT2D eigenvalue weighted by Crippen LogP contribution is 2.55. The molecule has 0 aliphatic heterocycles. The van der Waals surface area contributed by atoms with Crippen LogP contribution < -0.4 is 9.80 Å². The lowest BCUT2D eigenvalue weighted by Gasteiger charge is -2.28. The molecule has 20 aromatic carbocycles. The van der Waals surface area contributed by atoms with Crippen LogP contribution in [0.5, 0.6) is 0 Å². The number of hydrogen-bond acceptors (Lipinski definition) is 3. The standard InChI is InChI=1S/C63H44N2.C57H40N2O/c1-63(2)59-22-12-10-20-54(59)55-36-34-48(40-60(55)63)64(47-33-35-53-51-18-7-6-16-49(51)50-17-8-9-19-52(50)57(53)39-47)46-31-28-42(29-32-46)41-24-26-43(27-25-41)44-30-37-62-58(38-44)56-21-11-13-23-61(56)65(62)45-14-4-3-5-15-45;1-57(2)50-19-9-6-15-44(50)45-33-32-43(36-51(45)57)58(54-21-12-18-48-47-17-8-11-22-55(47)60-56(48)54)42-30-27-38(28-31-42)37-23-25-39(26-24-37)40-29-34-53-49(35-40)46-16-7-10-20-52(46)59(53)41-13-4-3-5-14-41/h3-40H,1-2H3;3-36H,1-2H3. The summed E-state index contributed by atoms with van der Waals surface area (Å²) in [7, 11) is 0. The molecular formula is C120H84N4O. The number of rotatable bonds is 12. The quantitative estimate of drug-likeness (QED) is 0.114. The van der Waals surface area contributed by atoms with E-state index in [-0.39, 0.29) is 10.8 Å². The monoisotopic (exact) mass is 1600 g/mol. The fourth-order valence-corrected chi connectivity index (χ4v) is 20.8. The van der Waals surface area contributed by atoms with Crippen LogP contribution in [0.15, 0.2) is 441 Å². The summed E-state index contributed by atoms with van der Waals surface area (Å²) in [6.45, 7) is 9.41. The molecule has 0 atom stereocenters. The van der Waals surface area contributed by atoms with E-state index in [4.69, 9.17) is 4.42 Å². The maximum Gasteiger partial charge on any atom is 0.159 e. The van der Waals surface area contributed by atoms with E-state index >= 15 is 0 Å². The Labute approximate surface area is 726 Å². The summed E-state index contributed by atoms with van der Waals surface area (Å²) >= 11 is 0. The van der Waals surface area contributed by atoms with E-state index in [2.05, 4.69) is 477 Å². The van der Waals surface area contributed by atoms with Crippen LogP contribution in [0.25, 0.3) is 176 Å². The molecule has 0 saturated heterocycles. The first-order valence-electron chi connectivity index (χ1n) is 43.4. The van der Waals surface area contributed by atoms with Crippen LogP contribution in [-0.2, 0) is 10.8 Å². The average molecular weight is 1600 g/mol. The summed E-state index contributed by atoms with van der Waals surface area (Å²) in [5.74, 6) is 0. The molecule has 125 heavy (non-hydrogen) atoms. The van der Waals surface area contributed by atoms with Crippen LogP contribution in [0.1, 0.15) is 49.9 Å². The molecular weight excluding hydrogens is 1510 g/mol. The predicted octanol–water partition coefficient (Wildman–Crippen LogP) is 33.1. The van der Waals surface area contributed by atoms with E-state index in [0.29, 0.717) is 0 Å². The molecule has 0 N–H and O–H groups in total. The van der Waals surface area contributed by atoms with Crippen LogP contribution in [0.3, 0.4) is 0 Å². The zero-order valence-electron chi connectivity index (χ0n) is 69.8. The van der Waals surface area contributed by atoms with E-state index < -0.39 is 0 Å². The lowest BCUT2D eigenvalue weighted by Crippen LogP contribution is -2.16. The first-order valence-corrected chi connectivity index (χ1v) is 43.4. The van der Waals surface area contributed by atoms with Gasteiger partial charge in [-0.1, -0.05) is 331 Å². The third-order valence-electron chi connectivity index (χ3n) is 27.0. The van der Waals surface area contributed by atoms with Crippen molar-refractivity contribution in [3.63, 3.8) is 0 Å². The van der Waals surface area contributed by atoms with E-state index in [1.807, 2.05) is 6.07 Å². The van der Waals surface area contributed by atoms with Crippen molar-refractivity contribution >= 4 is 132 Å². The van der Waals surface area contributed by atoms with Crippen LogP contribution >= 0.6 is 0 Å². The third-order valence-corrected chi connectivity index (χ3v) is 27.0. The van der Waals surface area contributed by atoms with Crippen LogP contribution in [0.4, 0.5) is 34.1 Å². The highest BCUT2D eigenvalue weighted by Gasteiger charge is 2.38. The van der Waals surface area contributed by atoms with Gasteiger partial charge in [-0.3, -0.25) is 0 Å². The number of para-hydroxylation sites is 6. The van der Waals surface area contributed by atoms with Gasteiger partial charge in [0.15, 0.2) is 5.58 Å². The molecule has 590 valence electrons. The summed E-state index contributed by atoms with van der Waals surface area (Å²) < 4.78 is 11.4. The van der Waals surface area contributed by atoms with Gasteiger partial charge < -0.3 is 23.4 Å². The van der Waals surface area contributed by atoms with Gasteiger partial charge in [-0.25, -0.2) is 0 Å². The smallest absolute Gasteiger partial charge is 0.159 e. The van der Waals surface area contributed by atoms with Crippen molar-refractivity contribution < 1.29 is 4.42 Å². The molecule has 2 aliphatic carbocycles. The second-order valence-corrected chi connectivity index (χ2v) is 34.6. The minimum absolute atomic E-state index is 0.116. The highest BCUT2D eigenvalue weighted by molar-refractivity contribution is 6.26. The van der Waals surface area contributed by atoms with Crippen LogP contribution in [-0.4, -0.2) is 9.13 Å². The highest BCUT2D eigenvalue weighted by atomic mass is 16.3.